The molecule has 158 valence electrons. The van der Waals surface area contributed by atoms with Gasteiger partial charge in [0, 0.05) is 10.6 Å². The summed E-state index contributed by atoms with van der Waals surface area (Å²) in [5, 5.41) is 4.63. The molecule has 0 unspecified atom stereocenters. The number of anilines is 2. The van der Waals surface area contributed by atoms with Crippen LogP contribution < -0.4 is 10.2 Å². The van der Waals surface area contributed by atoms with Crippen LogP contribution in [0.15, 0.2) is 18.2 Å². The van der Waals surface area contributed by atoms with Crippen LogP contribution in [0.3, 0.4) is 0 Å². The molecule has 1 aromatic carbocycles. The summed E-state index contributed by atoms with van der Waals surface area (Å²) in [5.41, 5.74) is 2.10. The average Bonchev–Trinajstić information content (AvgIpc) is 3.09. The van der Waals surface area contributed by atoms with E-state index in [1.165, 1.54) is 27.8 Å². The number of nitrogens with zero attached hydrogens (tertiary/aromatic N) is 2. The second kappa shape index (κ2) is 8.38. The minimum atomic E-state index is -0.423. The Bertz CT molecular complexity index is 1080. The number of thiophene rings is 1. The van der Waals surface area contributed by atoms with Gasteiger partial charge < -0.3 is 15.0 Å². The van der Waals surface area contributed by atoms with Crippen LogP contribution in [0.5, 0.6) is 0 Å². The molecule has 1 aliphatic heterocycles. The Morgan fingerprint density at radius 3 is 2.93 bits per heavy atom. The first kappa shape index (κ1) is 20.1. The average molecular weight is 448 g/mol. The van der Waals surface area contributed by atoms with E-state index in [4.69, 9.17) is 26.3 Å². The number of aryl methyl sites for hydroxylation is 1. The lowest BCUT2D eigenvalue weighted by Gasteiger charge is -2.23. The minimum Gasteiger partial charge on any atom is -0.370 e. The number of ether oxygens (including phenoxy) is 1. The van der Waals surface area contributed by atoms with Crippen LogP contribution in [-0.2, 0) is 24.1 Å². The summed E-state index contributed by atoms with van der Waals surface area (Å²) in [6.07, 6.45) is 3.33. The number of aromatic nitrogens is 2. The SMILES string of the molecule is C[C@H]1CCc2c(sc3nc(C[NH+]4CCOCC4)nc(Nc4ccc(F)c(Cl)c4)c23)C1. The molecule has 5 nitrogen and oxygen atoms in total. The fourth-order valence-corrected chi connectivity index (χ4v) is 5.91. The van der Waals surface area contributed by atoms with Crippen molar-refractivity contribution in [3.63, 3.8) is 0 Å². The third kappa shape index (κ3) is 4.04. The number of nitrogens with one attached hydrogen (secondary N) is 2. The predicted octanol–water partition coefficient (Wildman–Crippen LogP) is 3.77. The molecular weight excluding hydrogens is 423 g/mol. The minimum absolute atomic E-state index is 0.101. The largest absolute Gasteiger partial charge is 0.370 e. The highest BCUT2D eigenvalue weighted by atomic mass is 35.5. The van der Waals surface area contributed by atoms with E-state index in [1.807, 2.05) is 0 Å². The smallest absolute Gasteiger partial charge is 0.187 e. The van der Waals surface area contributed by atoms with Crippen LogP contribution in [0, 0.1) is 11.7 Å². The molecule has 3 aromatic rings. The lowest BCUT2D eigenvalue weighted by atomic mass is 9.89. The molecule has 1 aliphatic carbocycles. The maximum atomic E-state index is 13.6. The lowest BCUT2D eigenvalue weighted by molar-refractivity contribution is -0.922. The Kier molecular flexibility index (Phi) is 5.62. The Morgan fingerprint density at radius 2 is 2.13 bits per heavy atom. The van der Waals surface area contributed by atoms with E-state index in [1.54, 1.807) is 23.5 Å². The van der Waals surface area contributed by atoms with E-state index >= 15 is 0 Å². The van der Waals surface area contributed by atoms with Crippen LogP contribution in [0.1, 0.15) is 29.6 Å². The van der Waals surface area contributed by atoms with Gasteiger partial charge in [-0.1, -0.05) is 18.5 Å². The number of hydrogen-bond acceptors (Lipinski definition) is 5. The van der Waals surface area contributed by atoms with Crippen molar-refractivity contribution in [2.75, 3.05) is 31.6 Å². The van der Waals surface area contributed by atoms with Crippen LogP contribution >= 0.6 is 22.9 Å². The summed E-state index contributed by atoms with van der Waals surface area (Å²) in [6, 6.07) is 4.69. The molecule has 2 aliphatic rings. The molecule has 8 heteroatoms. The lowest BCUT2D eigenvalue weighted by Crippen LogP contribution is -3.12. The van der Waals surface area contributed by atoms with Crippen LogP contribution in [0.2, 0.25) is 5.02 Å². The van der Waals surface area contributed by atoms with E-state index in [0.29, 0.717) is 5.92 Å². The van der Waals surface area contributed by atoms with Gasteiger partial charge in [-0.3, -0.25) is 0 Å². The fraction of sp³-hybridized carbons (Fsp3) is 0.455. The van der Waals surface area contributed by atoms with Crippen molar-refractivity contribution >= 4 is 44.7 Å². The highest BCUT2D eigenvalue weighted by Gasteiger charge is 2.25. The Balaban J connectivity index is 1.56. The number of fused-ring (bicyclic) bond motifs is 3. The van der Waals surface area contributed by atoms with Crippen LogP contribution in [-0.4, -0.2) is 36.3 Å². The normalized spacial score (nSPS) is 19.8. The molecule has 0 amide bonds. The standard InChI is InChI=1S/C22H24ClFN4OS/c1-13-2-4-15-18(10-13)30-22-20(15)21(25-14-3-5-17(24)16(23)11-14)26-19(27-22)12-28-6-8-29-9-7-28/h3,5,11,13H,2,4,6-10,12H2,1H3,(H,25,26,27)/p+1/t13-/m0/s1. The number of hydrogen-bond donors (Lipinski definition) is 2. The van der Waals surface area contributed by atoms with Gasteiger partial charge >= 0.3 is 0 Å². The molecule has 0 bridgehead atoms. The number of morpholine rings is 1. The summed E-state index contributed by atoms with van der Waals surface area (Å²) in [6.45, 7) is 6.58. The van der Waals surface area contributed by atoms with Crippen molar-refractivity contribution in [2.45, 2.75) is 32.7 Å². The van der Waals surface area contributed by atoms with Crippen molar-refractivity contribution in [3.05, 3.63) is 45.3 Å². The molecule has 30 heavy (non-hydrogen) atoms. The zero-order chi connectivity index (χ0) is 20.7. The topological polar surface area (TPSA) is 51.5 Å². The van der Waals surface area contributed by atoms with Gasteiger partial charge in [0.25, 0.3) is 0 Å². The molecule has 3 heterocycles. The third-order valence-electron chi connectivity index (χ3n) is 5.99. The molecule has 2 aromatic heterocycles. The predicted molar refractivity (Wildman–Crippen MR) is 119 cm³/mol. The maximum absolute atomic E-state index is 13.6. The zero-order valence-corrected chi connectivity index (χ0v) is 18.5. The first-order valence-electron chi connectivity index (χ1n) is 10.5. The van der Waals surface area contributed by atoms with Gasteiger partial charge in [0.1, 0.15) is 36.1 Å². The highest BCUT2D eigenvalue weighted by molar-refractivity contribution is 7.19. The molecule has 1 atom stereocenters. The second-order valence-electron chi connectivity index (χ2n) is 8.31. The molecule has 2 N–H and O–H groups in total. The maximum Gasteiger partial charge on any atom is 0.187 e. The Morgan fingerprint density at radius 1 is 1.30 bits per heavy atom. The van der Waals surface area contributed by atoms with Gasteiger partial charge in [0.05, 0.1) is 23.6 Å². The summed E-state index contributed by atoms with van der Waals surface area (Å²) < 4.78 is 19.1. The summed E-state index contributed by atoms with van der Waals surface area (Å²) in [4.78, 5) is 13.8. The Labute approximate surface area is 184 Å². The van der Waals surface area contributed by atoms with Gasteiger partial charge in [0.2, 0.25) is 0 Å². The number of quaternary nitrogens is 1. The van der Waals surface area contributed by atoms with Crippen LogP contribution in [0.4, 0.5) is 15.9 Å². The van der Waals surface area contributed by atoms with E-state index in [-0.39, 0.29) is 5.02 Å². The molecule has 1 fully saturated rings. The number of benzene rings is 1. The van der Waals surface area contributed by atoms with Crippen molar-refractivity contribution in [1.29, 1.82) is 0 Å². The van der Waals surface area contributed by atoms with E-state index in [0.717, 1.165) is 73.2 Å². The van der Waals surface area contributed by atoms with Gasteiger partial charge in [0.15, 0.2) is 5.82 Å². The first-order chi connectivity index (χ1) is 14.6. The van der Waals surface area contributed by atoms with Gasteiger partial charge in [-0.25, -0.2) is 14.4 Å². The summed E-state index contributed by atoms with van der Waals surface area (Å²) in [7, 11) is 0. The first-order valence-corrected chi connectivity index (χ1v) is 11.7. The van der Waals surface area contributed by atoms with E-state index < -0.39 is 5.82 Å². The molecule has 0 spiro atoms. The Hall–Kier alpha value is -1.80. The van der Waals surface area contributed by atoms with Crippen LogP contribution in [0.25, 0.3) is 10.2 Å². The summed E-state index contributed by atoms with van der Waals surface area (Å²) >= 11 is 7.81. The van der Waals surface area contributed by atoms with E-state index in [9.17, 15) is 4.39 Å². The van der Waals surface area contributed by atoms with Gasteiger partial charge in [-0.05, 0) is 48.9 Å². The second-order valence-corrected chi connectivity index (χ2v) is 9.80. The van der Waals surface area contributed by atoms with Crippen molar-refractivity contribution in [2.24, 2.45) is 5.92 Å². The molecule has 5 rings (SSSR count). The quantitative estimate of drug-likeness (QED) is 0.639. The molecule has 0 saturated carbocycles. The third-order valence-corrected chi connectivity index (χ3v) is 7.43. The zero-order valence-electron chi connectivity index (χ0n) is 16.9. The van der Waals surface area contributed by atoms with Crippen molar-refractivity contribution < 1.29 is 14.0 Å². The fourth-order valence-electron chi connectivity index (χ4n) is 4.33. The number of rotatable bonds is 4. The van der Waals surface area contributed by atoms with E-state index in [2.05, 4.69) is 12.2 Å². The molecule has 1 saturated heterocycles. The molecule has 0 radical (unpaired) electrons. The highest BCUT2D eigenvalue weighted by Crippen LogP contribution is 2.40. The monoisotopic (exact) mass is 447 g/mol. The van der Waals surface area contributed by atoms with Crippen molar-refractivity contribution in [1.82, 2.24) is 9.97 Å². The number of halogens is 2. The van der Waals surface area contributed by atoms with Gasteiger partial charge in [-0.15, -0.1) is 11.3 Å². The summed E-state index contributed by atoms with van der Waals surface area (Å²) in [5.74, 6) is 1.91. The van der Waals surface area contributed by atoms with Crippen molar-refractivity contribution in [3.8, 4) is 0 Å². The molecular formula is C22H25ClFN4OS+. The van der Waals surface area contributed by atoms with Gasteiger partial charge in [-0.2, -0.15) is 0 Å².